The molecule has 0 aromatic heterocycles. The third kappa shape index (κ3) is 3.18. The molecule has 2 rings (SSSR count). The van der Waals surface area contributed by atoms with Crippen LogP contribution in [0.1, 0.15) is 18.9 Å². The summed E-state index contributed by atoms with van der Waals surface area (Å²) in [5.41, 5.74) is 0.794. The molecule has 20 heavy (non-hydrogen) atoms. The van der Waals surface area contributed by atoms with Gasteiger partial charge in [0.2, 0.25) is 5.91 Å². The van der Waals surface area contributed by atoms with E-state index in [1.165, 1.54) is 0 Å². The largest absolute Gasteiger partial charge is 0.506 e. The molecule has 0 radical (unpaired) electrons. The number of nitrogens with zero attached hydrogens (tertiary/aromatic N) is 1. The van der Waals surface area contributed by atoms with Crippen LogP contribution in [0.25, 0.3) is 0 Å². The van der Waals surface area contributed by atoms with Gasteiger partial charge in [-0.15, -0.1) is 0 Å². The van der Waals surface area contributed by atoms with E-state index in [1.54, 1.807) is 7.05 Å². The van der Waals surface area contributed by atoms with E-state index < -0.39 is 0 Å². The Morgan fingerprint density at radius 3 is 2.60 bits per heavy atom. The summed E-state index contributed by atoms with van der Waals surface area (Å²) < 4.78 is 1.35. The third-order valence-corrected chi connectivity index (χ3v) is 5.02. The zero-order valence-corrected chi connectivity index (χ0v) is 14.7. The van der Waals surface area contributed by atoms with Crippen LogP contribution < -0.4 is 5.32 Å². The van der Waals surface area contributed by atoms with Gasteiger partial charge in [-0.1, -0.05) is 0 Å². The smallest absolute Gasteiger partial charge is 0.227 e. The highest BCUT2D eigenvalue weighted by atomic mass is 79.9. The molecule has 1 heterocycles. The van der Waals surface area contributed by atoms with Crippen molar-refractivity contribution in [3.05, 3.63) is 26.6 Å². The number of carbonyl (C=O) groups excluding carboxylic acids is 1. The number of amides is 1. The van der Waals surface area contributed by atoms with Crippen molar-refractivity contribution in [1.29, 1.82) is 0 Å². The Morgan fingerprint density at radius 1 is 1.45 bits per heavy atom. The second-order valence-electron chi connectivity index (χ2n) is 5.51. The Bertz CT molecular complexity index is 513. The minimum absolute atomic E-state index is 0.105. The van der Waals surface area contributed by atoms with Crippen LogP contribution in [0.5, 0.6) is 5.75 Å². The maximum atomic E-state index is 11.9. The van der Waals surface area contributed by atoms with Gasteiger partial charge in [0.1, 0.15) is 5.75 Å². The Morgan fingerprint density at radius 2 is 2.05 bits per heavy atom. The van der Waals surface area contributed by atoms with Crippen LogP contribution in [0.2, 0.25) is 0 Å². The van der Waals surface area contributed by atoms with Gasteiger partial charge < -0.3 is 10.4 Å². The molecule has 1 aliphatic heterocycles. The summed E-state index contributed by atoms with van der Waals surface area (Å²) in [6.07, 6.45) is 0.868. The quantitative estimate of drug-likeness (QED) is 0.812. The van der Waals surface area contributed by atoms with E-state index in [4.69, 9.17) is 0 Å². The molecule has 4 nitrogen and oxygen atoms in total. The Balaban J connectivity index is 2.08. The first-order chi connectivity index (χ1) is 9.35. The van der Waals surface area contributed by atoms with Crippen LogP contribution in [-0.2, 0) is 11.3 Å². The van der Waals surface area contributed by atoms with Crippen LogP contribution in [0.3, 0.4) is 0 Å². The molecule has 1 saturated heterocycles. The first-order valence-electron chi connectivity index (χ1n) is 6.47. The molecule has 1 aromatic carbocycles. The zero-order valence-electron chi connectivity index (χ0n) is 11.5. The minimum Gasteiger partial charge on any atom is -0.506 e. The summed E-state index contributed by atoms with van der Waals surface area (Å²) in [5, 5.41) is 12.5. The van der Waals surface area contributed by atoms with Crippen molar-refractivity contribution in [1.82, 2.24) is 10.2 Å². The van der Waals surface area contributed by atoms with Crippen LogP contribution in [0.4, 0.5) is 0 Å². The fourth-order valence-corrected chi connectivity index (χ4v) is 3.93. The van der Waals surface area contributed by atoms with Gasteiger partial charge in [-0.2, -0.15) is 0 Å². The lowest BCUT2D eigenvalue weighted by Crippen LogP contribution is -2.39. The van der Waals surface area contributed by atoms with Crippen LogP contribution in [0, 0.1) is 5.41 Å². The number of rotatable bonds is 3. The highest BCUT2D eigenvalue weighted by Gasteiger charge is 2.39. The fraction of sp³-hybridized carbons (Fsp3) is 0.500. The van der Waals surface area contributed by atoms with Gasteiger partial charge in [0.05, 0.1) is 14.4 Å². The second-order valence-corrected chi connectivity index (χ2v) is 7.22. The number of phenols is 1. The molecule has 1 atom stereocenters. The molecule has 1 unspecified atom stereocenters. The molecule has 1 aromatic rings. The molecule has 0 spiro atoms. The molecule has 110 valence electrons. The molecule has 1 aliphatic rings. The van der Waals surface area contributed by atoms with Gasteiger partial charge in [0.15, 0.2) is 0 Å². The summed E-state index contributed by atoms with van der Waals surface area (Å²) in [6, 6.07) is 3.82. The molecular weight excluding hydrogens is 388 g/mol. The number of halogens is 2. The summed E-state index contributed by atoms with van der Waals surface area (Å²) in [5.74, 6) is 0.318. The van der Waals surface area contributed by atoms with E-state index in [0.717, 1.165) is 31.6 Å². The SMILES string of the molecule is CNC(=O)C1(C)CCN(Cc2cc(Br)c(O)c(Br)c2)C1. The average molecular weight is 406 g/mol. The van der Waals surface area contributed by atoms with E-state index in [-0.39, 0.29) is 17.1 Å². The minimum atomic E-state index is -0.305. The second kappa shape index (κ2) is 6.03. The first kappa shape index (κ1) is 15.8. The van der Waals surface area contributed by atoms with Gasteiger partial charge in [-0.25, -0.2) is 0 Å². The predicted molar refractivity (Wildman–Crippen MR) is 85.6 cm³/mol. The highest BCUT2D eigenvalue weighted by Crippen LogP contribution is 2.35. The predicted octanol–water partition coefficient (Wildman–Crippen LogP) is 2.88. The summed E-state index contributed by atoms with van der Waals surface area (Å²) in [7, 11) is 1.68. The zero-order chi connectivity index (χ0) is 14.9. The van der Waals surface area contributed by atoms with Crippen molar-refractivity contribution in [2.45, 2.75) is 19.9 Å². The number of nitrogens with one attached hydrogen (secondary N) is 1. The first-order valence-corrected chi connectivity index (χ1v) is 8.06. The van der Waals surface area contributed by atoms with Gasteiger partial charge in [0.25, 0.3) is 0 Å². The molecule has 2 N–H and O–H groups in total. The maximum absolute atomic E-state index is 11.9. The van der Waals surface area contributed by atoms with Crippen molar-refractivity contribution in [2.75, 3.05) is 20.1 Å². The number of benzene rings is 1. The lowest BCUT2D eigenvalue weighted by atomic mass is 9.89. The highest BCUT2D eigenvalue weighted by molar-refractivity contribution is 9.11. The standard InChI is InChI=1S/C14H18Br2N2O2/c1-14(13(20)17-2)3-4-18(8-14)7-9-5-10(15)12(19)11(16)6-9/h5-6,19H,3-4,7-8H2,1-2H3,(H,17,20). The van der Waals surface area contributed by atoms with Crippen molar-refractivity contribution < 1.29 is 9.90 Å². The maximum Gasteiger partial charge on any atom is 0.227 e. The van der Waals surface area contributed by atoms with E-state index in [1.807, 2.05) is 19.1 Å². The monoisotopic (exact) mass is 404 g/mol. The van der Waals surface area contributed by atoms with Crippen molar-refractivity contribution in [3.63, 3.8) is 0 Å². The van der Waals surface area contributed by atoms with Crippen LogP contribution in [-0.4, -0.2) is 36.1 Å². The molecule has 1 amide bonds. The topological polar surface area (TPSA) is 52.6 Å². The molecule has 1 fully saturated rings. The van der Waals surface area contributed by atoms with Crippen molar-refractivity contribution in [2.24, 2.45) is 5.41 Å². The summed E-state index contributed by atoms with van der Waals surface area (Å²) >= 11 is 6.68. The van der Waals surface area contributed by atoms with E-state index >= 15 is 0 Å². The van der Waals surface area contributed by atoms with Gasteiger partial charge in [0, 0.05) is 20.1 Å². The number of hydrogen-bond donors (Lipinski definition) is 2. The molecule has 0 bridgehead atoms. The van der Waals surface area contributed by atoms with E-state index in [0.29, 0.717) is 8.95 Å². The molecule has 0 saturated carbocycles. The number of hydrogen-bond acceptors (Lipinski definition) is 3. The Labute approximate surface area is 135 Å². The van der Waals surface area contributed by atoms with Gasteiger partial charge in [-0.3, -0.25) is 9.69 Å². The Hall–Kier alpha value is -0.590. The van der Waals surface area contributed by atoms with E-state index in [9.17, 15) is 9.90 Å². The fourth-order valence-electron chi connectivity index (χ4n) is 2.65. The molecule has 0 aliphatic carbocycles. The van der Waals surface area contributed by atoms with Crippen molar-refractivity contribution >= 4 is 37.8 Å². The molecular formula is C14H18Br2N2O2. The summed E-state index contributed by atoms with van der Waals surface area (Å²) in [4.78, 5) is 14.2. The average Bonchev–Trinajstić information content (AvgIpc) is 2.77. The van der Waals surface area contributed by atoms with Gasteiger partial charge >= 0.3 is 0 Å². The number of phenolic OH excluding ortho intramolecular Hbond substituents is 1. The van der Waals surface area contributed by atoms with Crippen LogP contribution in [0.15, 0.2) is 21.1 Å². The van der Waals surface area contributed by atoms with Gasteiger partial charge in [-0.05, 0) is 69.4 Å². The van der Waals surface area contributed by atoms with Crippen LogP contribution >= 0.6 is 31.9 Å². The number of aromatic hydroxyl groups is 1. The number of likely N-dealkylation sites (tertiary alicyclic amines) is 1. The Kier molecular flexibility index (Phi) is 4.76. The van der Waals surface area contributed by atoms with Crippen molar-refractivity contribution in [3.8, 4) is 5.75 Å². The summed E-state index contributed by atoms with van der Waals surface area (Å²) in [6.45, 7) is 4.43. The third-order valence-electron chi connectivity index (χ3n) is 3.81. The normalized spacial score (nSPS) is 23.0. The molecule has 6 heteroatoms. The lowest BCUT2D eigenvalue weighted by molar-refractivity contribution is -0.129. The number of carbonyl (C=O) groups is 1. The lowest BCUT2D eigenvalue weighted by Gasteiger charge is -2.23. The van der Waals surface area contributed by atoms with E-state index in [2.05, 4.69) is 42.1 Å².